The van der Waals surface area contributed by atoms with Gasteiger partial charge in [-0.1, -0.05) is 47.0 Å². The summed E-state index contributed by atoms with van der Waals surface area (Å²) in [6.45, 7) is 6.93. The van der Waals surface area contributed by atoms with E-state index in [2.05, 4.69) is 56.2 Å². The van der Waals surface area contributed by atoms with E-state index in [1.807, 2.05) is 12.1 Å². The summed E-state index contributed by atoms with van der Waals surface area (Å²) in [7, 11) is -2.62. The third-order valence-electron chi connectivity index (χ3n) is 2.71. The highest BCUT2D eigenvalue weighted by Crippen LogP contribution is 2.15. The van der Waals surface area contributed by atoms with Crippen LogP contribution in [0.15, 0.2) is 42.5 Å². The zero-order valence-electron chi connectivity index (χ0n) is 12.5. The summed E-state index contributed by atoms with van der Waals surface area (Å²) in [6, 6.07) is 14.7. The monoisotopic (exact) mass is 307 g/mol. The van der Waals surface area contributed by atoms with Crippen LogP contribution in [0.25, 0.3) is 0 Å². The maximum atomic E-state index is 8.81. The lowest BCUT2D eigenvalue weighted by atomic mass is 10.1. The van der Waals surface area contributed by atoms with Crippen molar-refractivity contribution < 1.29 is 13.2 Å². The van der Waals surface area contributed by atoms with Gasteiger partial charge in [-0.3, -0.25) is 0 Å². The molecule has 2 N–H and O–H groups in total. The first-order chi connectivity index (χ1) is 9.86. The lowest BCUT2D eigenvalue weighted by molar-refractivity contribution is 0.306. The van der Waals surface area contributed by atoms with E-state index in [1.165, 1.54) is 22.3 Å². The normalized spacial score (nSPS) is 9.95. The SMILES string of the molecule is Cc1ccc(OCc2cc(C)cc(C)c2)cc1.N[SH](=O)=O. The van der Waals surface area contributed by atoms with E-state index in [9.17, 15) is 0 Å². The highest BCUT2D eigenvalue weighted by molar-refractivity contribution is 7.69. The molecule has 0 heterocycles. The first-order valence-electron chi connectivity index (χ1n) is 6.52. The Morgan fingerprint density at radius 2 is 1.38 bits per heavy atom. The van der Waals surface area contributed by atoms with E-state index in [4.69, 9.17) is 13.2 Å². The quantitative estimate of drug-likeness (QED) is 0.857. The topological polar surface area (TPSA) is 69.4 Å². The van der Waals surface area contributed by atoms with Crippen LogP contribution in [0.2, 0.25) is 0 Å². The second-order valence-electron chi connectivity index (χ2n) is 4.88. The summed E-state index contributed by atoms with van der Waals surface area (Å²) >= 11 is 0. The minimum absolute atomic E-state index is 0.631. The van der Waals surface area contributed by atoms with Crippen molar-refractivity contribution in [3.8, 4) is 5.75 Å². The zero-order chi connectivity index (χ0) is 15.8. The van der Waals surface area contributed by atoms with Crippen LogP contribution in [-0.4, -0.2) is 8.42 Å². The molecule has 2 aromatic carbocycles. The summed E-state index contributed by atoms with van der Waals surface area (Å²) in [4.78, 5) is 0. The van der Waals surface area contributed by atoms with Gasteiger partial charge in [0.15, 0.2) is 10.9 Å². The molecule has 0 unspecified atom stereocenters. The summed E-state index contributed by atoms with van der Waals surface area (Å²) in [5.74, 6) is 0.926. The van der Waals surface area contributed by atoms with E-state index < -0.39 is 10.9 Å². The van der Waals surface area contributed by atoms with Gasteiger partial charge in [0.1, 0.15) is 12.4 Å². The van der Waals surface area contributed by atoms with Gasteiger partial charge < -0.3 is 4.74 Å². The molecule has 21 heavy (non-hydrogen) atoms. The van der Waals surface area contributed by atoms with Crippen molar-refractivity contribution in [3.05, 3.63) is 64.7 Å². The van der Waals surface area contributed by atoms with Crippen LogP contribution in [0, 0.1) is 20.8 Å². The van der Waals surface area contributed by atoms with Crippen LogP contribution in [-0.2, 0) is 17.5 Å². The summed E-state index contributed by atoms with van der Waals surface area (Å²) < 4.78 is 23.4. The smallest absolute Gasteiger partial charge is 0.198 e. The Morgan fingerprint density at radius 1 is 0.905 bits per heavy atom. The number of nitrogens with two attached hydrogens (primary N) is 1. The molecule has 2 aromatic rings. The summed E-state index contributed by atoms with van der Waals surface area (Å²) in [6.07, 6.45) is 0. The molecule has 0 bridgehead atoms. The molecule has 5 heteroatoms. The van der Waals surface area contributed by atoms with Gasteiger partial charge in [-0.15, -0.1) is 0 Å². The molecule has 0 aromatic heterocycles. The fraction of sp³-hybridized carbons (Fsp3) is 0.250. The van der Waals surface area contributed by atoms with E-state index >= 15 is 0 Å². The number of hydrogen-bond acceptors (Lipinski definition) is 3. The maximum absolute atomic E-state index is 8.81. The molecule has 0 aliphatic heterocycles. The highest BCUT2D eigenvalue weighted by Gasteiger charge is 1.98. The fourth-order valence-electron chi connectivity index (χ4n) is 1.95. The maximum Gasteiger partial charge on any atom is 0.198 e. The van der Waals surface area contributed by atoms with Crippen LogP contribution >= 0.6 is 0 Å². The minimum atomic E-state index is -2.62. The van der Waals surface area contributed by atoms with Gasteiger partial charge in [-0.05, 0) is 38.5 Å². The summed E-state index contributed by atoms with van der Waals surface area (Å²) in [5, 5.41) is 4.06. The molecule has 0 atom stereocenters. The van der Waals surface area contributed by atoms with Crippen molar-refractivity contribution in [1.82, 2.24) is 0 Å². The Morgan fingerprint density at radius 3 is 1.86 bits per heavy atom. The molecule has 0 saturated carbocycles. The number of hydrogen-bond donors (Lipinski definition) is 2. The molecular weight excluding hydrogens is 286 g/mol. The molecule has 0 amide bonds. The van der Waals surface area contributed by atoms with Crippen LogP contribution in [0.1, 0.15) is 22.3 Å². The number of benzene rings is 2. The van der Waals surface area contributed by atoms with Crippen molar-refractivity contribution in [2.45, 2.75) is 27.4 Å². The first-order valence-corrected chi connectivity index (χ1v) is 7.77. The standard InChI is InChI=1S/C16H18O.H3NO2S/c1-12-4-6-16(7-5-12)17-11-15-9-13(2)8-14(3)10-15;1-4(2)3/h4-10H,11H2,1-3H3;4H,(H2,1,2,3). The minimum Gasteiger partial charge on any atom is -0.489 e. The van der Waals surface area contributed by atoms with Crippen molar-refractivity contribution in [3.63, 3.8) is 0 Å². The third-order valence-corrected chi connectivity index (χ3v) is 2.71. The lowest BCUT2D eigenvalue weighted by Gasteiger charge is -2.08. The van der Waals surface area contributed by atoms with E-state index in [1.54, 1.807) is 0 Å². The molecule has 114 valence electrons. The Balaban J connectivity index is 0.000000491. The van der Waals surface area contributed by atoms with Crippen LogP contribution in [0.3, 0.4) is 0 Å². The Bertz CT molecular complexity index is 621. The van der Waals surface area contributed by atoms with Crippen molar-refractivity contribution in [1.29, 1.82) is 0 Å². The fourth-order valence-corrected chi connectivity index (χ4v) is 1.95. The van der Waals surface area contributed by atoms with E-state index in [0.717, 1.165) is 5.75 Å². The van der Waals surface area contributed by atoms with Crippen LogP contribution in [0.4, 0.5) is 0 Å². The first kappa shape index (κ1) is 17.2. The molecule has 2 rings (SSSR count). The van der Waals surface area contributed by atoms with Gasteiger partial charge in [0, 0.05) is 0 Å². The molecule has 0 spiro atoms. The van der Waals surface area contributed by atoms with Gasteiger partial charge in [-0.25, -0.2) is 13.6 Å². The summed E-state index contributed by atoms with van der Waals surface area (Å²) in [5.41, 5.74) is 5.05. The highest BCUT2D eigenvalue weighted by atomic mass is 32.2. The lowest BCUT2D eigenvalue weighted by Crippen LogP contribution is -1.96. The van der Waals surface area contributed by atoms with E-state index in [-0.39, 0.29) is 0 Å². The number of aryl methyl sites for hydroxylation is 3. The molecule has 0 fully saturated rings. The van der Waals surface area contributed by atoms with Crippen molar-refractivity contribution in [2.75, 3.05) is 0 Å². The van der Waals surface area contributed by atoms with Crippen molar-refractivity contribution >= 4 is 10.9 Å². The predicted molar refractivity (Wildman–Crippen MR) is 85.9 cm³/mol. The van der Waals surface area contributed by atoms with Gasteiger partial charge in [0.05, 0.1) is 0 Å². The molecule has 0 radical (unpaired) electrons. The number of thiol groups is 1. The molecule has 0 aliphatic carbocycles. The number of ether oxygens (including phenoxy) is 1. The van der Waals surface area contributed by atoms with Crippen molar-refractivity contribution in [2.24, 2.45) is 5.14 Å². The second-order valence-corrected chi connectivity index (χ2v) is 5.45. The van der Waals surface area contributed by atoms with Gasteiger partial charge in [-0.2, -0.15) is 0 Å². The van der Waals surface area contributed by atoms with Gasteiger partial charge >= 0.3 is 0 Å². The van der Waals surface area contributed by atoms with Crippen LogP contribution < -0.4 is 9.88 Å². The zero-order valence-corrected chi connectivity index (χ0v) is 13.4. The van der Waals surface area contributed by atoms with Crippen LogP contribution in [0.5, 0.6) is 5.75 Å². The van der Waals surface area contributed by atoms with Gasteiger partial charge in [0.25, 0.3) is 0 Å². The average Bonchev–Trinajstić information content (AvgIpc) is 2.36. The van der Waals surface area contributed by atoms with Gasteiger partial charge in [0.2, 0.25) is 0 Å². The Hall–Kier alpha value is -1.85. The third kappa shape index (κ3) is 7.48. The largest absolute Gasteiger partial charge is 0.489 e. The Kier molecular flexibility index (Phi) is 6.91. The second kappa shape index (κ2) is 8.44. The predicted octanol–water partition coefficient (Wildman–Crippen LogP) is 2.66. The molecule has 0 aliphatic rings. The Labute approximate surface area is 127 Å². The van der Waals surface area contributed by atoms with E-state index in [0.29, 0.717) is 6.61 Å². The molecule has 4 nitrogen and oxygen atoms in total. The average molecular weight is 307 g/mol. The molecular formula is C16H21NO3S. The molecule has 0 saturated heterocycles. The number of rotatable bonds is 3.